The molecule has 98 valence electrons. The van der Waals surface area contributed by atoms with Gasteiger partial charge in [-0.25, -0.2) is 13.6 Å². The maximum atomic E-state index is 13.3. The molecular formula is C11H11F2NO4. The summed E-state index contributed by atoms with van der Waals surface area (Å²) in [6.45, 7) is -0.693. The van der Waals surface area contributed by atoms with Gasteiger partial charge in [0.1, 0.15) is 11.6 Å². The summed E-state index contributed by atoms with van der Waals surface area (Å²) < 4.78 is 30.2. The second-order valence-corrected chi connectivity index (χ2v) is 3.36. The van der Waals surface area contributed by atoms with Gasteiger partial charge in [0.15, 0.2) is 6.04 Å². The summed E-state index contributed by atoms with van der Waals surface area (Å²) in [4.78, 5) is 22.7. The fourth-order valence-corrected chi connectivity index (χ4v) is 1.23. The molecule has 5 nitrogen and oxygen atoms in total. The predicted molar refractivity (Wildman–Crippen MR) is 56.7 cm³/mol. The lowest BCUT2D eigenvalue weighted by molar-refractivity contribution is -0.143. The molecule has 0 fully saturated rings. The van der Waals surface area contributed by atoms with E-state index in [1.807, 2.05) is 0 Å². The van der Waals surface area contributed by atoms with Crippen molar-refractivity contribution in [2.24, 2.45) is 0 Å². The van der Waals surface area contributed by atoms with E-state index in [4.69, 9.17) is 5.11 Å². The van der Waals surface area contributed by atoms with Crippen molar-refractivity contribution in [3.05, 3.63) is 35.4 Å². The highest BCUT2D eigenvalue weighted by Gasteiger charge is 2.22. The van der Waals surface area contributed by atoms with Crippen LogP contribution in [0.4, 0.5) is 8.78 Å². The number of amides is 1. The van der Waals surface area contributed by atoms with Crippen molar-refractivity contribution in [3.8, 4) is 0 Å². The number of carbonyl (C=O) groups excluding carboxylic acids is 2. The molecule has 0 saturated heterocycles. The van der Waals surface area contributed by atoms with Crippen LogP contribution in [0.1, 0.15) is 10.4 Å². The first-order valence-corrected chi connectivity index (χ1v) is 4.94. The highest BCUT2D eigenvalue weighted by Crippen LogP contribution is 2.09. The molecule has 2 N–H and O–H groups in total. The predicted octanol–water partition coefficient (Wildman–Crippen LogP) is 0.228. The summed E-state index contributed by atoms with van der Waals surface area (Å²) in [7, 11) is 1.08. The van der Waals surface area contributed by atoms with E-state index in [1.165, 1.54) is 0 Å². The average molecular weight is 259 g/mol. The van der Waals surface area contributed by atoms with E-state index in [0.29, 0.717) is 6.07 Å². The van der Waals surface area contributed by atoms with E-state index in [0.717, 1.165) is 19.2 Å². The zero-order valence-electron chi connectivity index (χ0n) is 9.44. The van der Waals surface area contributed by atoms with E-state index < -0.39 is 41.7 Å². The molecular weight excluding hydrogens is 248 g/mol. The van der Waals surface area contributed by atoms with Crippen LogP contribution < -0.4 is 5.32 Å². The molecule has 0 heterocycles. The van der Waals surface area contributed by atoms with Crippen molar-refractivity contribution < 1.29 is 28.2 Å². The Bertz CT molecular complexity index is 464. The number of aliphatic hydroxyl groups excluding tert-OH is 1. The zero-order chi connectivity index (χ0) is 13.7. The number of ether oxygens (including phenoxy) is 1. The highest BCUT2D eigenvalue weighted by molar-refractivity contribution is 5.97. The van der Waals surface area contributed by atoms with E-state index in [1.54, 1.807) is 0 Å². The lowest BCUT2D eigenvalue weighted by Gasteiger charge is -2.13. The maximum absolute atomic E-state index is 13.3. The van der Waals surface area contributed by atoms with E-state index in [-0.39, 0.29) is 0 Å². The number of esters is 1. The number of carbonyl (C=O) groups is 2. The normalized spacial score (nSPS) is 11.8. The third-order valence-electron chi connectivity index (χ3n) is 2.15. The standard InChI is InChI=1S/C11H11F2NO4/c1-18-11(17)9(5-15)14-10(16)7-3-2-6(12)4-8(7)13/h2-4,9,15H,5H2,1H3,(H,14,16). The van der Waals surface area contributed by atoms with Crippen LogP contribution in [0.2, 0.25) is 0 Å². The SMILES string of the molecule is COC(=O)C(CO)NC(=O)c1ccc(F)cc1F. The van der Waals surface area contributed by atoms with Crippen LogP contribution in [0, 0.1) is 11.6 Å². The fourth-order valence-electron chi connectivity index (χ4n) is 1.23. The summed E-state index contributed by atoms with van der Waals surface area (Å²) in [5.74, 6) is -3.70. The van der Waals surface area contributed by atoms with Crippen molar-refractivity contribution in [2.75, 3.05) is 13.7 Å². The molecule has 1 amide bonds. The van der Waals surface area contributed by atoms with Gasteiger partial charge in [0, 0.05) is 6.07 Å². The molecule has 1 rings (SSSR count). The molecule has 0 bridgehead atoms. The second kappa shape index (κ2) is 6.06. The van der Waals surface area contributed by atoms with Gasteiger partial charge in [-0.1, -0.05) is 0 Å². The first kappa shape index (κ1) is 14.0. The molecule has 18 heavy (non-hydrogen) atoms. The molecule has 0 aliphatic rings. The topological polar surface area (TPSA) is 75.6 Å². The molecule has 0 spiro atoms. The van der Waals surface area contributed by atoms with Gasteiger partial charge in [0.05, 0.1) is 19.3 Å². The molecule has 1 aromatic rings. The number of aliphatic hydroxyl groups is 1. The molecule has 1 unspecified atom stereocenters. The molecule has 0 aromatic heterocycles. The molecule has 0 radical (unpaired) electrons. The molecule has 0 saturated carbocycles. The smallest absolute Gasteiger partial charge is 0.330 e. The second-order valence-electron chi connectivity index (χ2n) is 3.36. The quantitative estimate of drug-likeness (QED) is 0.759. The van der Waals surface area contributed by atoms with E-state index in [9.17, 15) is 18.4 Å². The third kappa shape index (κ3) is 3.24. The first-order chi connectivity index (χ1) is 8.49. The summed E-state index contributed by atoms with van der Waals surface area (Å²) >= 11 is 0. The Balaban J connectivity index is 2.84. The van der Waals surface area contributed by atoms with Gasteiger partial charge in [-0.05, 0) is 12.1 Å². The number of hydrogen-bond acceptors (Lipinski definition) is 4. The van der Waals surface area contributed by atoms with Gasteiger partial charge in [-0.2, -0.15) is 0 Å². The van der Waals surface area contributed by atoms with Crippen LogP contribution in [0.5, 0.6) is 0 Å². The first-order valence-electron chi connectivity index (χ1n) is 4.94. The van der Waals surface area contributed by atoms with Crippen molar-refractivity contribution in [1.82, 2.24) is 5.32 Å². The Morgan fingerprint density at radius 1 is 1.44 bits per heavy atom. The number of methoxy groups -OCH3 is 1. The van der Waals surface area contributed by atoms with Gasteiger partial charge >= 0.3 is 5.97 Å². The summed E-state index contributed by atoms with van der Waals surface area (Å²) in [6, 6.07) is 1.09. The number of nitrogens with one attached hydrogen (secondary N) is 1. The van der Waals surface area contributed by atoms with Crippen LogP contribution in [0.25, 0.3) is 0 Å². The van der Waals surface area contributed by atoms with Crippen LogP contribution in [0.15, 0.2) is 18.2 Å². The van der Waals surface area contributed by atoms with Crippen molar-refractivity contribution >= 4 is 11.9 Å². The molecule has 0 aliphatic carbocycles. The zero-order valence-corrected chi connectivity index (χ0v) is 9.44. The Morgan fingerprint density at radius 3 is 2.61 bits per heavy atom. The van der Waals surface area contributed by atoms with Crippen molar-refractivity contribution in [2.45, 2.75) is 6.04 Å². The van der Waals surface area contributed by atoms with Crippen molar-refractivity contribution in [3.63, 3.8) is 0 Å². The summed E-state index contributed by atoms with van der Waals surface area (Å²) in [6.07, 6.45) is 0. The average Bonchev–Trinajstić information content (AvgIpc) is 2.34. The minimum absolute atomic E-state index is 0.432. The Labute approximate surface area is 101 Å². The Kier molecular flexibility index (Phi) is 4.73. The number of benzene rings is 1. The number of rotatable bonds is 4. The molecule has 0 aliphatic heterocycles. The summed E-state index contributed by atoms with van der Waals surface area (Å²) in [5, 5.41) is 10.9. The van der Waals surface area contributed by atoms with E-state index in [2.05, 4.69) is 10.1 Å². The van der Waals surface area contributed by atoms with Crippen LogP contribution in [-0.2, 0) is 9.53 Å². The molecule has 1 atom stereocenters. The Hall–Kier alpha value is -2.02. The lowest BCUT2D eigenvalue weighted by atomic mass is 10.2. The molecule has 7 heteroatoms. The van der Waals surface area contributed by atoms with Gasteiger partial charge in [0.25, 0.3) is 5.91 Å². The van der Waals surface area contributed by atoms with Gasteiger partial charge in [-0.3, -0.25) is 4.79 Å². The van der Waals surface area contributed by atoms with Crippen molar-refractivity contribution in [1.29, 1.82) is 0 Å². The maximum Gasteiger partial charge on any atom is 0.330 e. The molecule has 1 aromatic carbocycles. The van der Waals surface area contributed by atoms with Gasteiger partial charge in [-0.15, -0.1) is 0 Å². The minimum Gasteiger partial charge on any atom is -0.467 e. The van der Waals surface area contributed by atoms with Gasteiger partial charge < -0.3 is 15.2 Å². The number of hydrogen-bond donors (Lipinski definition) is 2. The monoisotopic (exact) mass is 259 g/mol. The highest BCUT2D eigenvalue weighted by atomic mass is 19.1. The van der Waals surface area contributed by atoms with E-state index >= 15 is 0 Å². The summed E-state index contributed by atoms with van der Waals surface area (Å²) in [5.41, 5.74) is -0.432. The minimum atomic E-state index is -1.30. The van der Waals surface area contributed by atoms with Crippen LogP contribution in [0.3, 0.4) is 0 Å². The van der Waals surface area contributed by atoms with Gasteiger partial charge in [0.2, 0.25) is 0 Å². The van der Waals surface area contributed by atoms with Crippen LogP contribution in [-0.4, -0.2) is 36.7 Å². The largest absolute Gasteiger partial charge is 0.467 e. The fraction of sp³-hybridized carbons (Fsp3) is 0.273. The third-order valence-corrected chi connectivity index (χ3v) is 2.15. The number of halogens is 2. The van der Waals surface area contributed by atoms with Crippen LogP contribution >= 0.6 is 0 Å². The Morgan fingerprint density at radius 2 is 2.11 bits per heavy atom. The lowest BCUT2D eigenvalue weighted by Crippen LogP contribution is -2.44.